The molecule has 26 heavy (non-hydrogen) atoms. The van der Waals surface area contributed by atoms with Gasteiger partial charge in [-0.1, -0.05) is 6.07 Å². The molecule has 0 unspecified atom stereocenters. The molecule has 0 saturated carbocycles. The molecule has 2 aliphatic rings. The number of aryl methyl sites for hydroxylation is 1. The second-order valence-corrected chi connectivity index (χ2v) is 8.15. The molecule has 7 heteroatoms. The molecule has 0 aromatic carbocycles. The number of hydrogen-bond acceptors (Lipinski definition) is 7. The summed E-state index contributed by atoms with van der Waals surface area (Å²) in [5.41, 5.74) is 2.10. The van der Waals surface area contributed by atoms with E-state index >= 15 is 0 Å². The molecule has 2 aromatic rings. The van der Waals surface area contributed by atoms with Gasteiger partial charge in [0, 0.05) is 49.3 Å². The van der Waals surface area contributed by atoms with Gasteiger partial charge in [0.1, 0.15) is 0 Å². The molecule has 6 nitrogen and oxygen atoms in total. The van der Waals surface area contributed by atoms with Crippen LogP contribution in [0.4, 0.5) is 0 Å². The number of hydrogen-bond donors (Lipinski definition) is 0. The van der Waals surface area contributed by atoms with Crippen LogP contribution in [0.5, 0.6) is 5.88 Å². The Balaban J connectivity index is 1.29. The molecule has 0 radical (unpaired) electrons. The summed E-state index contributed by atoms with van der Waals surface area (Å²) in [5, 5.41) is 3.16. The van der Waals surface area contributed by atoms with Gasteiger partial charge in [0.25, 0.3) is 0 Å². The average Bonchev–Trinajstić information content (AvgIpc) is 3.22. The highest BCUT2D eigenvalue weighted by Crippen LogP contribution is 2.41. The van der Waals surface area contributed by atoms with Crippen molar-refractivity contribution in [3.63, 3.8) is 0 Å². The third-order valence-electron chi connectivity index (χ3n) is 5.26. The topological polar surface area (TPSA) is 56.7 Å². The Labute approximate surface area is 158 Å². The molecule has 2 aliphatic heterocycles. The lowest BCUT2D eigenvalue weighted by atomic mass is 9.81. The molecule has 0 bridgehead atoms. The lowest BCUT2D eigenvalue weighted by Gasteiger charge is -2.50. The Hall–Kier alpha value is -1.54. The maximum Gasteiger partial charge on any atom is 0.217 e. The van der Waals surface area contributed by atoms with Gasteiger partial charge in [0.15, 0.2) is 0 Å². The molecular weight excluding hydrogens is 350 g/mol. The van der Waals surface area contributed by atoms with Crippen LogP contribution in [0.3, 0.4) is 0 Å². The lowest BCUT2D eigenvalue weighted by Crippen LogP contribution is -2.64. The van der Waals surface area contributed by atoms with E-state index in [2.05, 4.69) is 26.3 Å². The molecule has 0 aliphatic carbocycles. The summed E-state index contributed by atoms with van der Waals surface area (Å²) in [6.07, 6.45) is 2.83. The van der Waals surface area contributed by atoms with Gasteiger partial charge in [-0.3, -0.25) is 4.90 Å². The van der Waals surface area contributed by atoms with E-state index in [0.29, 0.717) is 18.4 Å². The Kier molecular flexibility index (Phi) is 5.22. The minimum atomic E-state index is -0.0482. The molecule has 0 amide bonds. The summed E-state index contributed by atoms with van der Waals surface area (Å²) in [7, 11) is 1.67. The van der Waals surface area contributed by atoms with Crippen molar-refractivity contribution in [2.24, 2.45) is 5.92 Å². The normalized spacial score (nSPS) is 21.8. The quantitative estimate of drug-likeness (QED) is 0.742. The van der Waals surface area contributed by atoms with Crippen molar-refractivity contribution in [2.45, 2.75) is 32.1 Å². The molecule has 140 valence electrons. The highest BCUT2D eigenvalue weighted by molar-refractivity contribution is 7.09. The van der Waals surface area contributed by atoms with Gasteiger partial charge in [0.05, 0.1) is 36.6 Å². The van der Waals surface area contributed by atoms with E-state index in [1.54, 1.807) is 24.6 Å². The van der Waals surface area contributed by atoms with Crippen LogP contribution < -0.4 is 4.74 Å². The Morgan fingerprint density at radius 3 is 3.08 bits per heavy atom. The summed E-state index contributed by atoms with van der Waals surface area (Å²) in [6, 6.07) is 4.03. The van der Waals surface area contributed by atoms with Crippen molar-refractivity contribution in [1.29, 1.82) is 0 Å². The molecule has 4 heterocycles. The summed E-state index contributed by atoms with van der Waals surface area (Å²) >= 11 is 1.67. The van der Waals surface area contributed by atoms with Crippen LogP contribution >= 0.6 is 11.3 Å². The largest absolute Gasteiger partial charge is 0.481 e. The summed E-state index contributed by atoms with van der Waals surface area (Å²) in [5.74, 6) is 1.16. The van der Waals surface area contributed by atoms with E-state index in [0.717, 1.165) is 55.5 Å². The van der Waals surface area contributed by atoms with E-state index in [-0.39, 0.29) is 5.60 Å². The first-order chi connectivity index (χ1) is 12.7. The van der Waals surface area contributed by atoms with Crippen molar-refractivity contribution in [1.82, 2.24) is 14.9 Å². The van der Waals surface area contributed by atoms with Crippen molar-refractivity contribution < 1.29 is 14.2 Å². The highest BCUT2D eigenvalue weighted by atomic mass is 32.1. The zero-order valence-corrected chi connectivity index (χ0v) is 16.1. The second-order valence-electron chi connectivity index (χ2n) is 7.09. The predicted octanol–water partition coefficient (Wildman–Crippen LogP) is 2.66. The molecule has 4 rings (SSSR count). The third-order valence-corrected chi connectivity index (χ3v) is 6.08. The standard InChI is InChI=1S/C19H25N3O3S/c1-14-21-17(11-26-14)10-24-9-16-5-7-25-19(16)12-22(13-19)8-15-4-3-6-20-18(15)23-2/h3-4,6,11,16H,5,7-10,12-13H2,1-2H3/t16-/m1/s1. The van der Waals surface area contributed by atoms with Crippen LogP contribution in [0, 0.1) is 12.8 Å². The maximum absolute atomic E-state index is 6.14. The van der Waals surface area contributed by atoms with Gasteiger partial charge in [0.2, 0.25) is 5.88 Å². The van der Waals surface area contributed by atoms with Crippen LogP contribution in [-0.4, -0.2) is 53.9 Å². The van der Waals surface area contributed by atoms with Crippen LogP contribution in [0.25, 0.3) is 0 Å². The second kappa shape index (κ2) is 7.60. The number of methoxy groups -OCH3 is 1. The summed E-state index contributed by atoms with van der Waals surface area (Å²) in [4.78, 5) is 11.1. The Morgan fingerprint density at radius 2 is 2.31 bits per heavy atom. The van der Waals surface area contributed by atoms with Gasteiger partial charge in [-0.15, -0.1) is 11.3 Å². The van der Waals surface area contributed by atoms with Crippen molar-refractivity contribution >= 4 is 11.3 Å². The van der Waals surface area contributed by atoms with E-state index in [1.165, 1.54) is 0 Å². The fourth-order valence-corrected chi connectivity index (χ4v) is 4.54. The van der Waals surface area contributed by atoms with Crippen LogP contribution in [-0.2, 0) is 22.6 Å². The summed E-state index contributed by atoms with van der Waals surface area (Å²) < 4.78 is 17.4. The van der Waals surface area contributed by atoms with Crippen molar-refractivity contribution in [3.8, 4) is 5.88 Å². The van der Waals surface area contributed by atoms with Crippen molar-refractivity contribution in [3.05, 3.63) is 40.0 Å². The molecule has 1 spiro atoms. The first-order valence-electron chi connectivity index (χ1n) is 9.01. The number of likely N-dealkylation sites (tertiary alicyclic amines) is 1. The molecule has 2 fully saturated rings. The minimum Gasteiger partial charge on any atom is -0.481 e. The maximum atomic E-state index is 6.14. The molecule has 1 atom stereocenters. The third kappa shape index (κ3) is 3.62. The Bertz CT molecular complexity index is 745. The molecular formula is C19H25N3O3S. The first-order valence-corrected chi connectivity index (χ1v) is 9.89. The van der Waals surface area contributed by atoms with Crippen LogP contribution in [0.2, 0.25) is 0 Å². The molecule has 2 aromatic heterocycles. The van der Waals surface area contributed by atoms with Gasteiger partial charge in [-0.2, -0.15) is 0 Å². The number of thiazole rings is 1. The smallest absolute Gasteiger partial charge is 0.217 e. The number of nitrogens with zero attached hydrogens (tertiary/aromatic N) is 3. The average molecular weight is 375 g/mol. The zero-order valence-electron chi connectivity index (χ0n) is 15.3. The van der Waals surface area contributed by atoms with E-state index in [4.69, 9.17) is 14.2 Å². The fraction of sp³-hybridized carbons (Fsp3) is 0.579. The molecule has 0 N–H and O–H groups in total. The summed E-state index contributed by atoms with van der Waals surface area (Å²) in [6.45, 7) is 6.90. The van der Waals surface area contributed by atoms with Gasteiger partial charge in [-0.25, -0.2) is 9.97 Å². The van der Waals surface area contributed by atoms with E-state index in [9.17, 15) is 0 Å². The molecule has 2 saturated heterocycles. The Morgan fingerprint density at radius 1 is 1.42 bits per heavy atom. The highest BCUT2D eigenvalue weighted by Gasteiger charge is 2.52. The number of ether oxygens (including phenoxy) is 3. The minimum absolute atomic E-state index is 0.0482. The zero-order chi connectivity index (χ0) is 18.0. The van der Waals surface area contributed by atoms with Crippen LogP contribution in [0.1, 0.15) is 22.7 Å². The van der Waals surface area contributed by atoms with Gasteiger partial charge < -0.3 is 14.2 Å². The van der Waals surface area contributed by atoms with E-state index in [1.807, 2.05) is 13.0 Å². The number of rotatable bonds is 7. The SMILES string of the molecule is COc1ncccc1CN1CC2(C1)OCC[C@@H]2COCc1csc(C)n1. The van der Waals surface area contributed by atoms with Crippen LogP contribution in [0.15, 0.2) is 23.7 Å². The van der Waals surface area contributed by atoms with E-state index < -0.39 is 0 Å². The predicted molar refractivity (Wildman–Crippen MR) is 99.4 cm³/mol. The number of pyridine rings is 1. The van der Waals surface area contributed by atoms with Crippen molar-refractivity contribution in [2.75, 3.05) is 33.4 Å². The first kappa shape index (κ1) is 17.9. The van der Waals surface area contributed by atoms with Gasteiger partial charge in [-0.05, 0) is 19.4 Å². The monoisotopic (exact) mass is 375 g/mol. The fourth-order valence-electron chi connectivity index (χ4n) is 3.94. The number of aromatic nitrogens is 2. The van der Waals surface area contributed by atoms with Gasteiger partial charge >= 0.3 is 0 Å². The lowest BCUT2D eigenvalue weighted by molar-refractivity contribution is -0.146.